The van der Waals surface area contributed by atoms with E-state index in [9.17, 15) is 9.59 Å². The maximum atomic E-state index is 13.1. The first-order chi connectivity index (χ1) is 16.1. The minimum Gasteiger partial charge on any atom is -0.352 e. The second kappa shape index (κ2) is 8.87. The molecule has 1 aliphatic carbocycles. The van der Waals surface area contributed by atoms with Crippen LogP contribution in [-0.2, 0) is 0 Å². The molecule has 0 aromatic heterocycles. The molecule has 1 saturated heterocycles. The third-order valence-corrected chi connectivity index (χ3v) is 6.87. The highest BCUT2D eigenvalue weighted by Gasteiger charge is 2.40. The van der Waals surface area contributed by atoms with Crippen LogP contribution in [0.15, 0.2) is 72.8 Å². The molecule has 170 valence electrons. The number of nitrogens with zero attached hydrogens (tertiary/aromatic N) is 2. The molecule has 6 nitrogen and oxygen atoms in total. The van der Waals surface area contributed by atoms with Crippen LogP contribution in [0.5, 0.6) is 0 Å². The van der Waals surface area contributed by atoms with Gasteiger partial charge in [-0.3, -0.25) is 9.59 Å². The van der Waals surface area contributed by atoms with Crippen LogP contribution in [0.3, 0.4) is 0 Å². The summed E-state index contributed by atoms with van der Waals surface area (Å²) >= 11 is 0. The lowest BCUT2D eigenvalue weighted by Gasteiger charge is -2.34. The van der Waals surface area contributed by atoms with Crippen molar-refractivity contribution in [1.29, 1.82) is 0 Å². The highest BCUT2D eigenvalue weighted by molar-refractivity contribution is 6.01. The van der Waals surface area contributed by atoms with E-state index in [0.29, 0.717) is 42.7 Å². The van der Waals surface area contributed by atoms with Gasteiger partial charge in [0.1, 0.15) is 0 Å². The summed E-state index contributed by atoms with van der Waals surface area (Å²) in [5, 5.41) is 6.36. The quantitative estimate of drug-likeness (QED) is 0.659. The van der Waals surface area contributed by atoms with E-state index in [2.05, 4.69) is 47.2 Å². The van der Waals surface area contributed by atoms with Crippen LogP contribution in [0, 0.1) is 5.92 Å². The molecule has 0 spiro atoms. The number of carbonyl (C=O) groups excluding carboxylic acids is 2. The molecule has 3 atom stereocenters. The number of nitrogens with one attached hydrogen (secondary N) is 2. The lowest BCUT2D eigenvalue weighted by molar-refractivity contribution is 0.0734. The highest BCUT2D eigenvalue weighted by Crippen LogP contribution is 2.52. The van der Waals surface area contributed by atoms with Crippen molar-refractivity contribution >= 4 is 17.5 Å². The number of hydrogen-bond acceptors (Lipinski definition) is 4. The Bertz CT molecular complexity index is 1110. The number of benzene rings is 2. The number of rotatable bonds is 6. The van der Waals surface area contributed by atoms with E-state index < -0.39 is 0 Å². The molecular weight excluding hydrogens is 412 g/mol. The summed E-state index contributed by atoms with van der Waals surface area (Å²) in [4.78, 5) is 29.5. The Morgan fingerprint density at radius 2 is 1.91 bits per heavy atom. The average Bonchev–Trinajstić information content (AvgIpc) is 3.48. The molecule has 5 rings (SSSR count). The van der Waals surface area contributed by atoms with Crippen LogP contribution >= 0.6 is 0 Å². The Morgan fingerprint density at radius 3 is 2.67 bits per heavy atom. The zero-order valence-electron chi connectivity index (χ0n) is 19.0. The van der Waals surface area contributed by atoms with Crippen molar-refractivity contribution < 1.29 is 9.59 Å². The second-order valence-corrected chi connectivity index (χ2v) is 8.98. The molecule has 2 amide bonds. The van der Waals surface area contributed by atoms with Crippen molar-refractivity contribution in [2.24, 2.45) is 5.92 Å². The van der Waals surface area contributed by atoms with E-state index in [1.807, 2.05) is 41.3 Å². The molecule has 0 radical (unpaired) electrons. The first-order valence-electron chi connectivity index (χ1n) is 11.7. The largest absolute Gasteiger partial charge is 0.352 e. The van der Waals surface area contributed by atoms with Gasteiger partial charge in [-0.1, -0.05) is 49.9 Å². The summed E-state index contributed by atoms with van der Waals surface area (Å²) in [6.45, 7) is 7.90. The fraction of sp³-hybridized carbons (Fsp3) is 0.333. The number of carbonyl (C=O) groups is 2. The predicted octanol–water partition coefficient (Wildman–Crippen LogP) is 4.17. The van der Waals surface area contributed by atoms with E-state index in [-0.39, 0.29) is 18.1 Å². The summed E-state index contributed by atoms with van der Waals surface area (Å²) in [5.41, 5.74) is 4.79. The molecule has 1 saturated carbocycles. The SMILES string of the molecule is C=C/C(=C\CC)[C@H]1C[C@@H]1c1ccc(C(=O)N2CCN(C3NC(=O)c4ccccc4N3)C2)cc1. The first kappa shape index (κ1) is 21.5. The van der Waals surface area contributed by atoms with Gasteiger partial charge in [0.25, 0.3) is 11.8 Å². The van der Waals surface area contributed by atoms with Gasteiger partial charge in [0.05, 0.1) is 12.2 Å². The zero-order valence-corrected chi connectivity index (χ0v) is 19.0. The molecular formula is C27H30N4O2. The van der Waals surface area contributed by atoms with Crippen molar-refractivity contribution in [3.05, 3.63) is 89.5 Å². The number of anilines is 1. The van der Waals surface area contributed by atoms with Crippen LogP contribution in [0.25, 0.3) is 0 Å². The van der Waals surface area contributed by atoms with Crippen molar-refractivity contribution in [2.45, 2.75) is 32.0 Å². The van der Waals surface area contributed by atoms with Gasteiger partial charge < -0.3 is 15.5 Å². The van der Waals surface area contributed by atoms with E-state index in [1.54, 1.807) is 6.07 Å². The van der Waals surface area contributed by atoms with E-state index >= 15 is 0 Å². The van der Waals surface area contributed by atoms with Crippen LogP contribution in [0.1, 0.15) is 52.0 Å². The molecule has 2 aliphatic heterocycles. The fourth-order valence-corrected chi connectivity index (χ4v) is 4.97. The van der Waals surface area contributed by atoms with E-state index in [0.717, 1.165) is 18.5 Å². The monoisotopic (exact) mass is 442 g/mol. The minimum absolute atomic E-state index is 0.0246. The molecule has 2 heterocycles. The lowest BCUT2D eigenvalue weighted by Crippen LogP contribution is -2.55. The van der Waals surface area contributed by atoms with Gasteiger partial charge in [-0.2, -0.15) is 0 Å². The molecule has 3 aliphatic rings. The molecule has 2 fully saturated rings. The predicted molar refractivity (Wildman–Crippen MR) is 130 cm³/mol. The number of amides is 2. The van der Waals surface area contributed by atoms with Gasteiger partial charge in [0.15, 0.2) is 6.29 Å². The molecule has 0 bridgehead atoms. The average molecular weight is 443 g/mol. The number of hydrogen-bond donors (Lipinski definition) is 2. The minimum atomic E-state index is -0.324. The van der Waals surface area contributed by atoms with Crippen LogP contribution in [-0.4, -0.2) is 47.7 Å². The third kappa shape index (κ3) is 4.18. The Morgan fingerprint density at radius 1 is 1.12 bits per heavy atom. The summed E-state index contributed by atoms with van der Waals surface area (Å²) in [6.07, 6.45) is 6.09. The van der Waals surface area contributed by atoms with Gasteiger partial charge in [-0.25, -0.2) is 4.90 Å². The van der Waals surface area contributed by atoms with Gasteiger partial charge in [0, 0.05) is 24.3 Å². The van der Waals surface area contributed by atoms with Crippen molar-refractivity contribution in [3.8, 4) is 0 Å². The first-order valence-corrected chi connectivity index (χ1v) is 11.7. The van der Waals surface area contributed by atoms with E-state index in [4.69, 9.17) is 0 Å². The Balaban J connectivity index is 1.20. The van der Waals surface area contributed by atoms with Crippen molar-refractivity contribution in [2.75, 3.05) is 25.1 Å². The smallest absolute Gasteiger partial charge is 0.255 e. The molecule has 2 N–H and O–H groups in total. The summed E-state index contributed by atoms with van der Waals surface area (Å²) in [5.74, 6) is 1.01. The van der Waals surface area contributed by atoms with Crippen LogP contribution in [0.2, 0.25) is 0 Å². The summed E-state index contributed by atoms with van der Waals surface area (Å²) < 4.78 is 0. The Hall–Kier alpha value is -3.38. The van der Waals surface area contributed by atoms with Gasteiger partial charge in [-0.15, -0.1) is 0 Å². The van der Waals surface area contributed by atoms with Gasteiger partial charge in [-0.05, 0) is 60.1 Å². The topological polar surface area (TPSA) is 64.7 Å². The molecule has 2 aromatic carbocycles. The Labute approximate surface area is 195 Å². The van der Waals surface area contributed by atoms with Crippen LogP contribution in [0.4, 0.5) is 5.69 Å². The second-order valence-electron chi connectivity index (χ2n) is 8.98. The molecule has 33 heavy (non-hydrogen) atoms. The fourth-order valence-electron chi connectivity index (χ4n) is 4.97. The van der Waals surface area contributed by atoms with Gasteiger partial charge in [0.2, 0.25) is 0 Å². The van der Waals surface area contributed by atoms with Gasteiger partial charge >= 0.3 is 0 Å². The highest BCUT2D eigenvalue weighted by atomic mass is 16.2. The van der Waals surface area contributed by atoms with Crippen molar-refractivity contribution in [1.82, 2.24) is 15.1 Å². The molecule has 1 unspecified atom stereocenters. The number of para-hydroxylation sites is 1. The molecule has 2 aromatic rings. The standard InChI is InChI=1S/C27H30N4O2/c1-3-7-18(4-2)22-16-23(22)19-10-12-20(13-11-19)26(33)30-14-15-31(17-30)27-28-24-9-6-5-8-21(24)25(32)29-27/h4-13,22-23,27-28H,2-3,14-17H2,1H3,(H,29,32)/b18-7+/t22-,23-,27?/m1/s1. The van der Waals surface area contributed by atoms with Crippen LogP contribution < -0.4 is 10.6 Å². The third-order valence-electron chi connectivity index (χ3n) is 6.87. The molecule has 6 heteroatoms. The van der Waals surface area contributed by atoms with E-state index in [1.165, 1.54) is 11.1 Å². The summed E-state index contributed by atoms with van der Waals surface area (Å²) in [7, 11) is 0. The normalized spacial score (nSPS) is 24.6. The maximum absolute atomic E-state index is 13.1. The maximum Gasteiger partial charge on any atom is 0.255 e. The Kier molecular flexibility index (Phi) is 5.77. The number of allylic oxidation sites excluding steroid dienone is 3. The zero-order chi connectivity index (χ0) is 22.9. The summed E-state index contributed by atoms with van der Waals surface area (Å²) in [6, 6.07) is 15.6. The number of fused-ring (bicyclic) bond motifs is 1. The lowest BCUT2D eigenvalue weighted by atomic mass is 10.0. The van der Waals surface area contributed by atoms with Crippen molar-refractivity contribution in [3.63, 3.8) is 0 Å².